The highest BCUT2D eigenvalue weighted by molar-refractivity contribution is 7.98. The molecular formula is C27H25F3N4O4S. The van der Waals surface area contributed by atoms with Gasteiger partial charge in [-0.25, -0.2) is 19.1 Å². The van der Waals surface area contributed by atoms with E-state index in [-0.39, 0.29) is 30.7 Å². The molecule has 204 valence electrons. The molecule has 8 nitrogen and oxygen atoms in total. The second-order valence-corrected chi connectivity index (χ2v) is 9.44. The summed E-state index contributed by atoms with van der Waals surface area (Å²) in [6, 6.07) is 16.7. The molecule has 0 aliphatic heterocycles. The first kappa shape index (κ1) is 28.0. The fourth-order valence-electron chi connectivity index (χ4n) is 3.64. The highest BCUT2D eigenvalue weighted by Crippen LogP contribution is 2.30. The summed E-state index contributed by atoms with van der Waals surface area (Å²) < 4.78 is 49.5. The summed E-state index contributed by atoms with van der Waals surface area (Å²) in [6.07, 6.45) is -3.07. The molecule has 0 atom stereocenters. The van der Waals surface area contributed by atoms with E-state index in [0.717, 1.165) is 0 Å². The highest BCUT2D eigenvalue weighted by Gasteiger charge is 2.29. The van der Waals surface area contributed by atoms with Gasteiger partial charge in [0, 0.05) is 24.6 Å². The summed E-state index contributed by atoms with van der Waals surface area (Å²) in [6.45, 7) is 0.376. The summed E-state index contributed by atoms with van der Waals surface area (Å²) >= 11 is 1.22. The van der Waals surface area contributed by atoms with E-state index in [2.05, 4.69) is 9.97 Å². The molecule has 0 spiro atoms. The number of amides is 1. The van der Waals surface area contributed by atoms with Crippen LogP contribution in [0.4, 0.5) is 18.0 Å². The number of rotatable bonds is 9. The molecule has 0 saturated heterocycles. The third kappa shape index (κ3) is 7.08. The maximum atomic E-state index is 13.5. The predicted octanol–water partition coefficient (Wildman–Crippen LogP) is 5.73. The predicted molar refractivity (Wildman–Crippen MR) is 140 cm³/mol. The van der Waals surface area contributed by atoms with Gasteiger partial charge in [-0.3, -0.25) is 4.98 Å². The van der Waals surface area contributed by atoms with Crippen LogP contribution >= 0.6 is 11.8 Å². The van der Waals surface area contributed by atoms with Crippen LogP contribution in [0.5, 0.6) is 5.75 Å². The molecule has 0 N–H and O–H groups in total. The molecular weight excluding hydrogens is 533 g/mol. The summed E-state index contributed by atoms with van der Waals surface area (Å²) in [7, 11) is 1.59. The molecule has 12 heteroatoms. The van der Waals surface area contributed by atoms with Crippen molar-refractivity contribution < 1.29 is 32.2 Å². The lowest BCUT2D eigenvalue weighted by Gasteiger charge is -2.19. The number of likely N-dealkylation sites (N-methyl/N-ethyl adjacent to an activating group) is 1. The maximum Gasteiger partial charge on any atom is 0.422 e. The lowest BCUT2D eigenvalue weighted by molar-refractivity contribution is -0.153. The van der Waals surface area contributed by atoms with E-state index in [1.54, 1.807) is 68.6 Å². The first-order valence-corrected chi connectivity index (χ1v) is 12.8. The number of thioether (sulfide) groups is 1. The SMILES string of the molecule is Cc1c(OCC(F)(F)F)ccnc1CSc1nc2ccccc2n1C(=O)N(C)CCOC(=O)c1ccccc1. The lowest BCUT2D eigenvalue weighted by atomic mass is 10.2. The number of ether oxygens (including phenoxy) is 2. The van der Waals surface area contributed by atoms with E-state index in [4.69, 9.17) is 9.47 Å². The van der Waals surface area contributed by atoms with Gasteiger partial charge in [-0.15, -0.1) is 0 Å². The van der Waals surface area contributed by atoms with Crippen LogP contribution < -0.4 is 4.74 Å². The number of carbonyl (C=O) groups excluding carboxylic acids is 2. The number of pyridine rings is 1. The van der Waals surface area contributed by atoms with E-state index in [1.807, 2.05) is 0 Å². The molecule has 0 saturated carbocycles. The number of esters is 1. The second-order valence-electron chi connectivity index (χ2n) is 8.50. The third-order valence-electron chi connectivity index (χ3n) is 5.71. The molecule has 2 aromatic carbocycles. The Balaban J connectivity index is 1.47. The molecule has 1 amide bonds. The minimum Gasteiger partial charge on any atom is -0.484 e. The van der Waals surface area contributed by atoms with Crippen molar-refractivity contribution in [1.82, 2.24) is 19.4 Å². The van der Waals surface area contributed by atoms with Gasteiger partial charge in [0.1, 0.15) is 12.4 Å². The first-order valence-electron chi connectivity index (χ1n) is 11.9. The number of halogens is 3. The van der Waals surface area contributed by atoms with Gasteiger partial charge in [0.15, 0.2) is 11.8 Å². The van der Waals surface area contributed by atoms with Gasteiger partial charge in [0.2, 0.25) is 0 Å². The number of para-hydroxylation sites is 2. The summed E-state index contributed by atoms with van der Waals surface area (Å²) in [5.74, 6) is -0.151. The van der Waals surface area contributed by atoms with E-state index in [1.165, 1.54) is 33.5 Å². The van der Waals surface area contributed by atoms with E-state index < -0.39 is 18.8 Å². The van der Waals surface area contributed by atoms with Crippen molar-refractivity contribution in [3.8, 4) is 5.75 Å². The Morgan fingerprint density at radius 2 is 1.77 bits per heavy atom. The maximum absolute atomic E-state index is 13.5. The molecule has 39 heavy (non-hydrogen) atoms. The quantitative estimate of drug-likeness (QED) is 0.192. The normalized spacial score (nSPS) is 11.4. The number of nitrogens with zero attached hydrogens (tertiary/aromatic N) is 4. The Kier molecular flexibility index (Phi) is 8.75. The highest BCUT2D eigenvalue weighted by atomic mass is 32.2. The Labute approximate surface area is 226 Å². The van der Waals surface area contributed by atoms with Crippen LogP contribution in [0.25, 0.3) is 11.0 Å². The van der Waals surface area contributed by atoms with Crippen LogP contribution in [-0.2, 0) is 10.5 Å². The number of carbonyl (C=O) groups is 2. The van der Waals surface area contributed by atoms with Crippen LogP contribution in [0.15, 0.2) is 72.0 Å². The van der Waals surface area contributed by atoms with Crippen molar-refractivity contribution >= 4 is 34.8 Å². The standard InChI is InChI=1S/C27H25F3N4O4S/c1-18-21(31-13-12-23(18)38-17-27(28,29)30)16-39-25-32-20-10-6-7-11-22(20)34(25)26(36)33(2)14-15-37-24(35)19-8-4-3-5-9-19/h3-13H,14-17H2,1-2H3. The van der Waals surface area contributed by atoms with Gasteiger partial charge in [0.05, 0.1) is 28.8 Å². The number of alkyl halides is 3. The van der Waals surface area contributed by atoms with Crippen molar-refractivity contribution in [2.24, 2.45) is 0 Å². The zero-order valence-corrected chi connectivity index (χ0v) is 22.0. The minimum atomic E-state index is -4.46. The Bertz CT molecular complexity index is 1460. The molecule has 2 heterocycles. The number of benzene rings is 2. The largest absolute Gasteiger partial charge is 0.484 e. The van der Waals surface area contributed by atoms with Crippen LogP contribution in [-0.4, -0.2) is 64.4 Å². The molecule has 4 aromatic rings. The molecule has 0 aliphatic carbocycles. The van der Waals surface area contributed by atoms with Crippen molar-refractivity contribution in [2.75, 3.05) is 26.8 Å². The van der Waals surface area contributed by atoms with Crippen LogP contribution in [0.2, 0.25) is 0 Å². The summed E-state index contributed by atoms with van der Waals surface area (Å²) in [5, 5.41) is 0.386. The van der Waals surface area contributed by atoms with Crippen molar-refractivity contribution in [3.05, 3.63) is 83.7 Å². The average molecular weight is 559 g/mol. The number of imidazole rings is 1. The molecule has 2 aromatic heterocycles. The van der Waals surface area contributed by atoms with E-state index >= 15 is 0 Å². The van der Waals surface area contributed by atoms with Crippen molar-refractivity contribution in [3.63, 3.8) is 0 Å². The van der Waals surface area contributed by atoms with E-state index in [0.29, 0.717) is 33.0 Å². The van der Waals surface area contributed by atoms with Gasteiger partial charge in [-0.2, -0.15) is 13.2 Å². The van der Waals surface area contributed by atoms with Gasteiger partial charge >= 0.3 is 18.2 Å². The molecule has 4 rings (SSSR count). The van der Waals surface area contributed by atoms with Crippen molar-refractivity contribution in [1.29, 1.82) is 0 Å². The lowest BCUT2D eigenvalue weighted by Crippen LogP contribution is -2.34. The summed E-state index contributed by atoms with van der Waals surface area (Å²) in [5.41, 5.74) is 2.59. The Morgan fingerprint density at radius 1 is 1.05 bits per heavy atom. The molecule has 0 unspecified atom stereocenters. The van der Waals surface area contributed by atoms with Gasteiger partial charge in [-0.1, -0.05) is 42.1 Å². The third-order valence-corrected chi connectivity index (χ3v) is 6.66. The second kappa shape index (κ2) is 12.2. The van der Waals surface area contributed by atoms with Gasteiger partial charge < -0.3 is 14.4 Å². The summed E-state index contributed by atoms with van der Waals surface area (Å²) in [4.78, 5) is 35.9. The topological polar surface area (TPSA) is 86.6 Å². The monoisotopic (exact) mass is 558 g/mol. The molecule has 0 bridgehead atoms. The van der Waals surface area contributed by atoms with Crippen LogP contribution in [0.1, 0.15) is 21.6 Å². The number of hydrogen-bond acceptors (Lipinski definition) is 7. The molecule has 0 fully saturated rings. The van der Waals surface area contributed by atoms with Gasteiger partial charge in [-0.05, 0) is 37.3 Å². The number of aromatic nitrogens is 3. The van der Waals surface area contributed by atoms with E-state index in [9.17, 15) is 22.8 Å². The molecule has 0 radical (unpaired) electrons. The average Bonchev–Trinajstić information content (AvgIpc) is 3.29. The van der Waals surface area contributed by atoms with Crippen molar-refractivity contribution in [2.45, 2.75) is 24.0 Å². The smallest absolute Gasteiger partial charge is 0.422 e. The van der Waals surface area contributed by atoms with Crippen LogP contribution in [0, 0.1) is 6.92 Å². The number of hydrogen-bond donors (Lipinski definition) is 0. The first-order chi connectivity index (χ1) is 18.6. The van der Waals surface area contributed by atoms with Gasteiger partial charge in [0.25, 0.3) is 0 Å². The Morgan fingerprint density at radius 3 is 2.51 bits per heavy atom. The van der Waals surface area contributed by atoms with Crippen LogP contribution in [0.3, 0.4) is 0 Å². The minimum absolute atomic E-state index is 0.00109. The Hall–Kier alpha value is -4.06. The fraction of sp³-hybridized carbons (Fsp3) is 0.259. The zero-order valence-electron chi connectivity index (χ0n) is 21.1. The fourth-order valence-corrected chi connectivity index (χ4v) is 4.66. The zero-order chi connectivity index (χ0) is 28.0. The molecule has 0 aliphatic rings. The number of fused-ring (bicyclic) bond motifs is 1.